The minimum atomic E-state index is 0.243. The van der Waals surface area contributed by atoms with E-state index in [1.165, 1.54) is 10.9 Å². The standard InChI is InChI=1S/C27H31N3O2/c1-32-25-9-10-27-26(17-25)23(11-14-29-27)8-2-7-22-12-16-30(19-24(22)20-31)15-4-6-21-5-3-13-28-18-21/h3,5,9-11,13-14,17-18,22,24,31H,2,7-8,12,15-16,19-20H2,1H3/t22-,24-/m1/s1. The second kappa shape index (κ2) is 11.1. The topological polar surface area (TPSA) is 58.5 Å². The summed E-state index contributed by atoms with van der Waals surface area (Å²) in [7, 11) is 1.70. The fourth-order valence-corrected chi connectivity index (χ4v) is 4.66. The maximum Gasteiger partial charge on any atom is 0.119 e. The summed E-state index contributed by atoms with van der Waals surface area (Å²) in [4.78, 5) is 11.0. The number of pyridine rings is 2. The van der Waals surface area contributed by atoms with Gasteiger partial charge in [-0.3, -0.25) is 14.9 Å². The average Bonchev–Trinajstić information content (AvgIpc) is 2.85. The monoisotopic (exact) mass is 429 g/mol. The van der Waals surface area contributed by atoms with Gasteiger partial charge in [-0.1, -0.05) is 11.8 Å². The van der Waals surface area contributed by atoms with Crippen molar-refractivity contribution in [1.29, 1.82) is 0 Å². The molecule has 5 heteroatoms. The number of aliphatic hydroxyl groups excluding tert-OH is 1. The number of piperidine rings is 1. The first-order valence-corrected chi connectivity index (χ1v) is 11.4. The minimum Gasteiger partial charge on any atom is -0.497 e. The average molecular weight is 430 g/mol. The predicted molar refractivity (Wildman–Crippen MR) is 127 cm³/mol. The molecule has 166 valence electrons. The SMILES string of the molecule is COc1ccc2nccc(CCC[C@@H]3CCN(CC#Cc4cccnc4)C[C@@H]3CO)c2c1. The lowest BCUT2D eigenvalue weighted by Gasteiger charge is -2.37. The molecule has 0 spiro atoms. The van der Waals surface area contributed by atoms with Crippen molar-refractivity contribution in [2.24, 2.45) is 11.8 Å². The third-order valence-corrected chi connectivity index (χ3v) is 6.47. The summed E-state index contributed by atoms with van der Waals surface area (Å²) in [5.74, 6) is 8.19. The van der Waals surface area contributed by atoms with E-state index in [-0.39, 0.29) is 6.61 Å². The van der Waals surface area contributed by atoms with Crippen LogP contribution in [0.2, 0.25) is 0 Å². The highest BCUT2D eigenvalue weighted by Crippen LogP contribution is 2.29. The predicted octanol–water partition coefficient (Wildman–Crippen LogP) is 3.94. The van der Waals surface area contributed by atoms with Gasteiger partial charge in [0.2, 0.25) is 0 Å². The van der Waals surface area contributed by atoms with Crippen molar-refractivity contribution in [1.82, 2.24) is 14.9 Å². The number of rotatable bonds is 7. The van der Waals surface area contributed by atoms with E-state index in [0.717, 1.165) is 62.1 Å². The van der Waals surface area contributed by atoms with Crippen LogP contribution in [0.1, 0.15) is 30.4 Å². The van der Waals surface area contributed by atoms with Crippen molar-refractivity contribution in [2.75, 3.05) is 33.4 Å². The summed E-state index contributed by atoms with van der Waals surface area (Å²) in [5.41, 5.74) is 3.28. The molecule has 0 saturated carbocycles. The summed E-state index contributed by atoms with van der Waals surface area (Å²) < 4.78 is 5.40. The Hall–Kier alpha value is -2.94. The van der Waals surface area contributed by atoms with Crippen molar-refractivity contribution in [3.63, 3.8) is 0 Å². The van der Waals surface area contributed by atoms with Gasteiger partial charge in [-0.2, -0.15) is 0 Å². The third kappa shape index (κ3) is 5.64. The first kappa shape index (κ1) is 22.3. The van der Waals surface area contributed by atoms with Crippen LogP contribution in [-0.2, 0) is 6.42 Å². The van der Waals surface area contributed by atoms with Gasteiger partial charge in [0.25, 0.3) is 0 Å². The molecular formula is C27H31N3O2. The molecule has 32 heavy (non-hydrogen) atoms. The maximum absolute atomic E-state index is 10.0. The number of benzene rings is 1. The van der Waals surface area contributed by atoms with Gasteiger partial charge in [0.15, 0.2) is 0 Å². The molecule has 2 aromatic heterocycles. The number of aliphatic hydroxyl groups is 1. The Morgan fingerprint density at radius 3 is 2.94 bits per heavy atom. The lowest BCUT2D eigenvalue weighted by molar-refractivity contribution is 0.0748. The zero-order valence-corrected chi connectivity index (χ0v) is 18.7. The number of methoxy groups -OCH3 is 1. The second-order valence-corrected chi connectivity index (χ2v) is 8.52. The molecule has 4 rings (SSSR count). The fraction of sp³-hybridized carbons (Fsp3) is 0.407. The number of hydrogen-bond donors (Lipinski definition) is 1. The molecule has 0 aliphatic carbocycles. The van der Waals surface area contributed by atoms with E-state index in [9.17, 15) is 5.11 Å². The lowest BCUT2D eigenvalue weighted by Crippen LogP contribution is -2.42. The number of nitrogens with zero attached hydrogens (tertiary/aromatic N) is 3. The van der Waals surface area contributed by atoms with Gasteiger partial charge in [-0.05, 0) is 86.0 Å². The summed E-state index contributed by atoms with van der Waals surface area (Å²) in [6.07, 6.45) is 9.82. The van der Waals surface area contributed by atoms with Crippen molar-refractivity contribution in [2.45, 2.75) is 25.7 Å². The molecule has 1 saturated heterocycles. The van der Waals surface area contributed by atoms with Crippen LogP contribution in [0.5, 0.6) is 5.75 Å². The van der Waals surface area contributed by atoms with E-state index in [4.69, 9.17) is 4.74 Å². The van der Waals surface area contributed by atoms with Gasteiger partial charge in [-0.25, -0.2) is 0 Å². The molecule has 5 nitrogen and oxygen atoms in total. The first-order valence-electron chi connectivity index (χ1n) is 11.4. The van der Waals surface area contributed by atoms with Crippen molar-refractivity contribution in [3.05, 3.63) is 66.1 Å². The molecule has 1 aliphatic rings. The smallest absolute Gasteiger partial charge is 0.119 e. The summed E-state index contributed by atoms with van der Waals surface area (Å²) in [5, 5.41) is 11.2. The van der Waals surface area contributed by atoms with Gasteiger partial charge >= 0.3 is 0 Å². The van der Waals surface area contributed by atoms with Crippen molar-refractivity contribution in [3.8, 4) is 17.6 Å². The van der Waals surface area contributed by atoms with Gasteiger partial charge < -0.3 is 9.84 Å². The molecule has 0 bridgehead atoms. The van der Waals surface area contributed by atoms with Crippen LogP contribution in [0.4, 0.5) is 0 Å². The van der Waals surface area contributed by atoms with E-state index in [0.29, 0.717) is 11.8 Å². The first-order chi connectivity index (χ1) is 15.8. The molecule has 1 aromatic carbocycles. The van der Waals surface area contributed by atoms with Gasteiger partial charge in [-0.15, -0.1) is 0 Å². The number of likely N-dealkylation sites (tertiary alicyclic amines) is 1. The van der Waals surface area contributed by atoms with Crippen LogP contribution in [0.25, 0.3) is 10.9 Å². The van der Waals surface area contributed by atoms with E-state index < -0.39 is 0 Å². The van der Waals surface area contributed by atoms with Crippen LogP contribution in [0.15, 0.2) is 55.0 Å². The molecule has 3 aromatic rings. The molecule has 0 amide bonds. The van der Waals surface area contributed by atoms with Gasteiger partial charge in [0, 0.05) is 42.7 Å². The van der Waals surface area contributed by atoms with Crippen molar-refractivity contribution < 1.29 is 9.84 Å². The normalized spacial score (nSPS) is 18.8. The Balaban J connectivity index is 1.30. The summed E-state index contributed by atoms with van der Waals surface area (Å²) in [6, 6.07) is 12.1. The molecule has 1 aliphatic heterocycles. The summed E-state index contributed by atoms with van der Waals surface area (Å²) in [6.45, 7) is 2.94. The molecule has 1 N–H and O–H groups in total. The molecule has 3 heterocycles. The van der Waals surface area contributed by atoms with Crippen molar-refractivity contribution >= 4 is 10.9 Å². The largest absolute Gasteiger partial charge is 0.497 e. The Morgan fingerprint density at radius 1 is 1.19 bits per heavy atom. The number of aromatic nitrogens is 2. The van der Waals surface area contributed by atoms with E-state index in [1.807, 2.05) is 30.5 Å². The lowest BCUT2D eigenvalue weighted by atomic mass is 9.82. The highest BCUT2D eigenvalue weighted by Gasteiger charge is 2.28. The number of hydrogen-bond acceptors (Lipinski definition) is 5. The van der Waals surface area contributed by atoms with E-state index >= 15 is 0 Å². The Morgan fingerprint density at radius 2 is 2.12 bits per heavy atom. The second-order valence-electron chi connectivity index (χ2n) is 8.52. The highest BCUT2D eigenvalue weighted by atomic mass is 16.5. The number of aryl methyl sites for hydroxylation is 1. The van der Waals surface area contributed by atoms with Crippen LogP contribution in [0.3, 0.4) is 0 Å². The molecule has 1 fully saturated rings. The number of ether oxygens (including phenoxy) is 1. The number of fused-ring (bicyclic) bond motifs is 1. The molecule has 0 radical (unpaired) electrons. The quantitative estimate of drug-likeness (QED) is 0.577. The van der Waals surface area contributed by atoms with Crippen LogP contribution < -0.4 is 4.74 Å². The molecule has 2 atom stereocenters. The van der Waals surface area contributed by atoms with E-state index in [1.54, 1.807) is 19.5 Å². The summed E-state index contributed by atoms with van der Waals surface area (Å²) >= 11 is 0. The fourth-order valence-electron chi connectivity index (χ4n) is 4.66. The Labute approximate surface area is 190 Å². The maximum atomic E-state index is 10.0. The molecular weight excluding hydrogens is 398 g/mol. The van der Waals surface area contributed by atoms with Crippen LogP contribution in [-0.4, -0.2) is 53.3 Å². The van der Waals surface area contributed by atoms with Crippen LogP contribution >= 0.6 is 0 Å². The Bertz CT molecular complexity index is 1070. The Kier molecular flexibility index (Phi) is 7.71. The van der Waals surface area contributed by atoms with Gasteiger partial charge in [0.05, 0.1) is 19.2 Å². The zero-order valence-electron chi connectivity index (χ0n) is 18.7. The van der Waals surface area contributed by atoms with Crippen LogP contribution in [0, 0.1) is 23.7 Å². The minimum absolute atomic E-state index is 0.243. The highest BCUT2D eigenvalue weighted by molar-refractivity contribution is 5.83. The van der Waals surface area contributed by atoms with Gasteiger partial charge in [0.1, 0.15) is 5.75 Å². The molecule has 0 unspecified atom stereocenters. The van der Waals surface area contributed by atoms with E-state index in [2.05, 4.69) is 38.8 Å². The zero-order chi connectivity index (χ0) is 22.2. The third-order valence-electron chi connectivity index (χ3n) is 6.47.